The van der Waals surface area contributed by atoms with Crippen molar-refractivity contribution in [1.82, 2.24) is 19.7 Å². The molecule has 0 atom stereocenters. The highest BCUT2D eigenvalue weighted by Crippen LogP contribution is 2.33. The second-order valence-corrected chi connectivity index (χ2v) is 5.92. The van der Waals surface area contributed by atoms with Crippen LogP contribution in [0, 0.1) is 22.7 Å². The highest BCUT2D eigenvalue weighted by molar-refractivity contribution is 6.29. The fourth-order valence-corrected chi connectivity index (χ4v) is 2.77. The fraction of sp³-hybridized carbons (Fsp3) is 0.167. The minimum absolute atomic E-state index is 0.313. The lowest BCUT2D eigenvalue weighted by Gasteiger charge is -2.12. The van der Waals surface area contributed by atoms with E-state index in [0.29, 0.717) is 35.3 Å². The third-order valence-corrected chi connectivity index (χ3v) is 3.94. The summed E-state index contributed by atoms with van der Waals surface area (Å²) in [6, 6.07) is 13.2. The van der Waals surface area contributed by atoms with Gasteiger partial charge in [0.25, 0.3) is 0 Å². The first-order chi connectivity index (χ1) is 12.6. The topological polar surface area (TPSA) is 103 Å². The molecule has 2 heterocycles. The van der Waals surface area contributed by atoms with Crippen molar-refractivity contribution >= 4 is 17.4 Å². The minimum Gasteiger partial charge on any atom is -0.369 e. The average Bonchev–Trinajstić information content (AvgIpc) is 3.07. The summed E-state index contributed by atoms with van der Waals surface area (Å²) in [5, 5.41) is 29.4. The Hall–Kier alpha value is -3.42. The number of nitrogens with zero attached hydrogens (tertiary/aromatic N) is 6. The largest absolute Gasteiger partial charge is 0.369 e. The molecule has 128 valence electrons. The van der Waals surface area contributed by atoms with Crippen LogP contribution in [0.25, 0.3) is 22.5 Å². The van der Waals surface area contributed by atoms with Gasteiger partial charge in [-0.3, -0.25) is 0 Å². The van der Waals surface area contributed by atoms with E-state index in [1.54, 1.807) is 29.1 Å². The standard InChI is InChI=1S/C18H14ClN7/c1-26-11-23-25-18(26)14-4-3-12(10-21)7-15(14)13-8-16(19)24-17(9-13)22-6-2-5-20/h3-4,7-9,11H,2,6H2,1H3,(H,22,24). The summed E-state index contributed by atoms with van der Waals surface area (Å²) in [7, 11) is 1.85. The Morgan fingerprint density at radius 1 is 1.19 bits per heavy atom. The number of nitrogens with one attached hydrogen (secondary N) is 1. The zero-order valence-corrected chi connectivity index (χ0v) is 14.7. The van der Waals surface area contributed by atoms with E-state index in [1.807, 2.05) is 19.2 Å². The third kappa shape index (κ3) is 3.64. The molecule has 0 spiro atoms. The summed E-state index contributed by atoms with van der Waals surface area (Å²) in [5.74, 6) is 1.24. The number of anilines is 1. The molecule has 0 amide bonds. The zero-order valence-electron chi connectivity index (χ0n) is 13.9. The van der Waals surface area contributed by atoms with E-state index in [1.165, 1.54) is 0 Å². The molecule has 3 rings (SSSR count). The molecule has 7 nitrogen and oxygen atoms in total. The second-order valence-electron chi connectivity index (χ2n) is 5.54. The Balaban J connectivity index is 2.12. The van der Waals surface area contributed by atoms with E-state index < -0.39 is 0 Å². The second kappa shape index (κ2) is 7.64. The van der Waals surface area contributed by atoms with Gasteiger partial charge in [-0.1, -0.05) is 11.6 Å². The van der Waals surface area contributed by atoms with E-state index in [9.17, 15) is 5.26 Å². The summed E-state index contributed by atoms with van der Waals surface area (Å²) >= 11 is 6.18. The van der Waals surface area contributed by atoms with Crippen molar-refractivity contribution in [2.45, 2.75) is 6.42 Å². The number of halogens is 1. The van der Waals surface area contributed by atoms with Gasteiger partial charge in [-0.2, -0.15) is 10.5 Å². The van der Waals surface area contributed by atoms with E-state index in [-0.39, 0.29) is 0 Å². The Labute approximate surface area is 155 Å². The molecule has 0 aliphatic carbocycles. The van der Waals surface area contributed by atoms with Crippen LogP contribution in [-0.4, -0.2) is 26.3 Å². The summed E-state index contributed by atoms with van der Waals surface area (Å²) in [6.45, 7) is 0.470. The molecule has 0 aliphatic heterocycles. The number of aryl methyl sites for hydroxylation is 1. The SMILES string of the molecule is Cn1cnnc1-c1ccc(C#N)cc1-c1cc(Cl)nc(NCCC#N)c1. The van der Waals surface area contributed by atoms with Crippen LogP contribution in [0.5, 0.6) is 0 Å². The lowest BCUT2D eigenvalue weighted by Crippen LogP contribution is -2.03. The number of hydrogen-bond donors (Lipinski definition) is 1. The van der Waals surface area contributed by atoms with E-state index >= 15 is 0 Å². The summed E-state index contributed by atoms with van der Waals surface area (Å²) in [4.78, 5) is 4.23. The molecule has 0 bridgehead atoms. The first-order valence-corrected chi connectivity index (χ1v) is 8.17. The Morgan fingerprint density at radius 2 is 2.04 bits per heavy atom. The lowest BCUT2D eigenvalue weighted by atomic mass is 9.97. The first kappa shape index (κ1) is 17.4. The molecule has 3 aromatic rings. The molecule has 2 aromatic heterocycles. The van der Waals surface area contributed by atoms with Gasteiger partial charge in [-0.05, 0) is 41.5 Å². The average molecular weight is 364 g/mol. The molecule has 0 fully saturated rings. The maximum absolute atomic E-state index is 9.27. The summed E-state index contributed by atoms with van der Waals surface area (Å²) in [6.07, 6.45) is 1.98. The molecular formula is C18H14ClN7. The van der Waals surface area contributed by atoms with Crippen molar-refractivity contribution in [1.29, 1.82) is 10.5 Å². The van der Waals surface area contributed by atoms with Gasteiger partial charge in [0, 0.05) is 19.2 Å². The van der Waals surface area contributed by atoms with Crippen LogP contribution in [0.2, 0.25) is 5.15 Å². The van der Waals surface area contributed by atoms with Crippen LogP contribution in [-0.2, 0) is 7.05 Å². The maximum Gasteiger partial charge on any atom is 0.164 e. The number of nitriles is 2. The van der Waals surface area contributed by atoms with Gasteiger partial charge in [0.05, 0.1) is 24.1 Å². The molecule has 0 saturated carbocycles. The van der Waals surface area contributed by atoms with Crippen molar-refractivity contribution in [2.24, 2.45) is 7.05 Å². The molecule has 1 N–H and O–H groups in total. The summed E-state index contributed by atoms with van der Waals surface area (Å²) in [5.41, 5.74) is 2.94. The highest BCUT2D eigenvalue weighted by Gasteiger charge is 2.14. The number of benzene rings is 1. The van der Waals surface area contributed by atoms with Crippen LogP contribution in [0.15, 0.2) is 36.7 Å². The van der Waals surface area contributed by atoms with Gasteiger partial charge in [-0.25, -0.2) is 4.98 Å². The number of aromatic nitrogens is 4. The molecular weight excluding hydrogens is 350 g/mol. The lowest BCUT2D eigenvalue weighted by molar-refractivity contribution is 0.920. The first-order valence-electron chi connectivity index (χ1n) is 7.79. The highest BCUT2D eigenvalue weighted by atomic mass is 35.5. The summed E-state index contributed by atoms with van der Waals surface area (Å²) < 4.78 is 1.81. The van der Waals surface area contributed by atoms with Gasteiger partial charge in [0.2, 0.25) is 0 Å². The molecule has 1 aromatic carbocycles. The van der Waals surface area contributed by atoms with E-state index in [2.05, 4.69) is 32.6 Å². The van der Waals surface area contributed by atoms with Crippen LogP contribution in [0.4, 0.5) is 5.82 Å². The minimum atomic E-state index is 0.313. The van der Waals surface area contributed by atoms with Gasteiger partial charge < -0.3 is 9.88 Å². The predicted molar refractivity (Wildman–Crippen MR) is 98.1 cm³/mol. The Morgan fingerprint density at radius 3 is 2.73 bits per heavy atom. The normalized spacial score (nSPS) is 10.2. The molecule has 0 radical (unpaired) electrons. The molecule has 0 saturated heterocycles. The number of pyridine rings is 1. The zero-order chi connectivity index (χ0) is 18.5. The quantitative estimate of drug-likeness (QED) is 0.550. The molecule has 0 unspecified atom stereocenters. The fourth-order valence-electron chi connectivity index (χ4n) is 2.56. The number of rotatable bonds is 5. The van der Waals surface area contributed by atoms with Gasteiger partial charge in [-0.15, -0.1) is 10.2 Å². The van der Waals surface area contributed by atoms with Crippen molar-refractivity contribution in [3.05, 3.63) is 47.4 Å². The monoisotopic (exact) mass is 363 g/mol. The van der Waals surface area contributed by atoms with Crippen LogP contribution >= 0.6 is 11.6 Å². The Bertz CT molecular complexity index is 1030. The molecule has 0 aliphatic rings. The van der Waals surface area contributed by atoms with Crippen LogP contribution in [0.3, 0.4) is 0 Å². The maximum atomic E-state index is 9.27. The molecule has 8 heteroatoms. The predicted octanol–water partition coefficient (Wildman–Crippen LogP) is 3.39. The Kier molecular flexibility index (Phi) is 5.12. The van der Waals surface area contributed by atoms with Gasteiger partial charge >= 0.3 is 0 Å². The van der Waals surface area contributed by atoms with E-state index in [0.717, 1.165) is 16.7 Å². The van der Waals surface area contributed by atoms with Crippen LogP contribution < -0.4 is 5.32 Å². The van der Waals surface area contributed by atoms with E-state index in [4.69, 9.17) is 16.9 Å². The van der Waals surface area contributed by atoms with Gasteiger partial charge in [0.1, 0.15) is 17.3 Å². The van der Waals surface area contributed by atoms with Crippen molar-refractivity contribution < 1.29 is 0 Å². The van der Waals surface area contributed by atoms with Crippen molar-refractivity contribution in [3.8, 4) is 34.7 Å². The smallest absolute Gasteiger partial charge is 0.164 e. The van der Waals surface area contributed by atoms with Crippen molar-refractivity contribution in [2.75, 3.05) is 11.9 Å². The molecule has 26 heavy (non-hydrogen) atoms. The third-order valence-electron chi connectivity index (χ3n) is 3.75. The van der Waals surface area contributed by atoms with Crippen molar-refractivity contribution in [3.63, 3.8) is 0 Å². The number of hydrogen-bond acceptors (Lipinski definition) is 6. The van der Waals surface area contributed by atoms with Crippen LogP contribution in [0.1, 0.15) is 12.0 Å². The van der Waals surface area contributed by atoms with Gasteiger partial charge in [0.15, 0.2) is 5.82 Å².